The van der Waals surface area contributed by atoms with Crippen LogP contribution in [0.1, 0.15) is 0 Å². The first-order valence-corrected chi connectivity index (χ1v) is 5.84. The molecule has 0 amide bonds. The minimum absolute atomic E-state index is 0.697. The lowest BCUT2D eigenvalue weighted by Gasteiger charge is -2.08. The molecular weight excluding hydrogens is 242 g/mol. The van der Waals surface area contributed by atoms with Gasteiger partial charge in [-0.05, 0) is 24.3 Å². The van der Waals surface area contributed by atoms with Crippen LogP contribution in [0.5, 0.6) is 11.5 Å². The summed E-state index contributed by atoms with van der Waals surface area (Å²) in [7, 11) is 3.27. The molecule has 2 aromatic heterocycles. The average molecular weight is 255 g/mol. The molecule has 5 nitrogen and oxygen atoms in total. The van der Waals surface area contributed by atoms with E-state index >= 15 is 0 Å². The fraction of sp³-hybridized carbons (Fsp3) is 0.143. The van der Waals surface area contributed by atoms with Crippen molar-refractivity contribution in [3.63, 3.8) is 0 Å². The van der Waals surface area contributed by atoms with Crippen molar-refractivity contribution in [1.29, 1.82) is 0 Å². The van der Waals surface area contributed by atoms with Gasteiger partial charge in [-0.2, -0.15) is 5.10 Å². The molecule has 1 aromatic carbocycles. The largest absolute Gasteiger partial charge is 0.497 e. The van der Waals surface area contributed by atoms with E-state index in [1.54, 1.807) is 18.7 Å². The van der Waals surface area contributed by atoms with E-state index < -0.39 is 0 Å². The highest BCUT2D eigenvalue weighted by atomic mass is 16.5. The Bertz CT molecular complexity index is 722. The van der Waals surface area contributed by atoms with Crippen LogP contribution in [0, 0.1) is 0 Å². The van der Waals surface area contributed by atoms with Crippen molar-refractivity contribution in [3.8, 4) is 22.8 Å². The summed E-state index contributed by atoms with van der Waals surface area (Å²) in [6.07, 6.45) is 1.52. The smallest absolute Gasteiger partial charge is 0.198 e. The van der Waals surface area contributed by atoms with Crippen LogP contribution in [0.25, 0.3) is 16.9 Å². The molecule has 0 aliphatic carbocycles. The zero-order valence-electron chi connectivity index (χ0n) is 10.7. The maximum atomic E-state index is 5.27. The van der Waals surface area contributed by atoms with Gasteiger partial charge < -0.3 is 9.47 Å². The van der Waals surface area contributed by atoms with Crippen molar-refractivity contribution in [1.82, 2.24) is 14.6 Å². The van der Waals surface area contributed by atoms with E-state index in [9.17, 15) is 0 Å². The second-order valence-corrected chi connectivity index (χ2v) is 4.01. The molecule has 0 spiro atoms. The van der Waals surface area contributed by atoms with Crippen LogP contribution in [0.3, 0.4) is 0 Å². The van der Waals surface area contributed by atoms with Gasteiger partial charge in [-0.3, -0.25) is 0 Å². The van der Waals surface area contributed by atoms with Gasteiger partial charge in [0, 0.05) is 5.56 Å². The summed E-state index contributed by atoms with van der Waals surface area (Å²) in [5, 5.41) is 4.24. The third-order valence-corrected chi connectivity index (χ3v) is 2.97. The predicted molar refractivity (Wildman–Crippen MR) is 71.5 cm³/mol. The predicted octanol–water partition coefficient (Wildman–Crippen LogP) is 2.41. The molecule has 0 fully saturated rings. The Morgan fingerprint density at radius 2 is 1.95 bits per heavy atom. The van der Waals surface area contributed by atoms with E-state index in [1.807, 2.05) is 36.4 Å². The maximum absolute atomic E-state index is 5.27. The molecule has 0 aliphatic heterocycles. The number of ether oxygens (including phenoxy) is 2. The Morgan fingerprint density at radius 3 is 2.74 bits per heavy atom. The lowest BCUT2D eigenvalue weighted by Crippen LogP contribution is -1.97. The first kappa shape index (κ1) is 11.5. The van der Waals surface area contributed by atoms with Crippen LogP contribution >= 0.6 is 0 Å². The Balaban J connectivity index is 2.22. The Hall–Kier alpha value is -2.56. The molecule has 0 N–H and O–H groups in total. The van der Waals surface area contributed by atoms with Crippen molar-refractivity contribution in [2.75, 3.05) is 14.2 Å². The van der Waals surface area contributed by atoms with E-state index in [-0.39, 0.29) is 0 Å². The lowest BCUT2D eigenvalue weighted by atomic mass is 10.1. The van der Waals surface area contributed by atoms with E-state index in [0.29, 0.717) is 11.4 Å². The fourth-order valence-electron chi connectivity index (χ4n) is 2.05. The Kier molecular flexibility index (Phi) is 2.79. The molecule has 0 atom stereocenters. The molecule has 96 valence electrons. The quantitative estimate of drug-likeness (QED) is 0.721. The summed E-state index contributed by atoms with van der Waals surface area (Å²) in [6.45, 7) is 0. The normalized spacial score (nSPS) is 10.6. The molecule has 5 heteroatoms. The minimum Gasteiger partial charge on any atom is -0.497 e. The van der Waals surface area contributed by atoms with Gasteiger partial charge in [0.25, 0.3) is 0 Å². The fourth-order valence-corrected chi connectivity index (χ4v) is 2.05. The molecule has 3 rings (SSSR count). The second-order valence-electron chi connectivity index (χ2n) is 4.01. The van der Waals surface area contributed by atoms with Crippen molar-refractivity contribution in [2.24, 2.45) is 0 Å². The van der Waals surface area contributed by atoms with Gasteiger partial charge in [0.2, 0.25) is 0 Å². The van der Waals surface area contributed by atoms with Crippen molar-refractivity contribution in [3.05, 3.63) is 42.7 Å². The van der Waals surface area contributed by atoms with Gasteiger partial charge in [-0.15, -0.1) is 0 Å². The standard InChI is InChI=1S/C14H13N3O2/c1-18-11-5-3-4-10(8-11)12-6-7-13(19-2)14-15-9-16-17(12)14/h3-9H,1-2H3. The summed E-state index contributed by atoms with van der Waals surface area (Å²) in [5.74, 6) is 1.51. The zero-order chi connectivity index (χ0) is 13.2. The topological polar surface area (TPSA) is 48.7 Å². The van der Waals surface area contributed by atoms with Crippen LogP contribution in [-0.2, 0) is 0 Å². The van der Waals surface area contributed by atoms with Crippen LogP contribution in [0.15, 0.2) is 42.7 Å². The molecule has 3 aromatic rings. The highest BCUT2D eigenvalue weighted by molar-refractivity contribution is 5.67. The van der Waals surface area contributed by atoms with Crippen LogP contribution in [0.4, 0.5) is 0 Å². The van der Waals surface area contributed by atoms with Gasteiger partial charge in [0.1, 0.15) is 12.1 Å². The molecule has 19 heavy (non-hydrogen) atoms. The van der Waals surface area contributed by atoms with E-state index in [2.05, 4.69) is 10.1 Å². The van der Waals surface area contributed by atoms with E-state index in [4.69, 9.17) is 9.47 Å². The first-order chi connectivity index (χ1) is 9.33. The van der Waals surface area contributed by atoms with Crippen molar-refractivity contribution in [2.45, 2.75) is 0 Å². The Labute approximate surface area is 110 Å². The number of pyridine rings is 1. The summed E-state index contributed by atoms with van der Waals surface area (Å²) >= 11 is 0. The maximum Gasteiger partial charge on any atom is 0.198 e. The highest BCUT2D eigenvalue weighted by Gasteiger charge is 2.10. The highest BCUT2D eigenvalue weighted by Crippen LogP contribution is 2.27. The number of hydrogen-bond acceptors (Lipinski definition) is 4. The molecule has 0 saturated carbocycles. The van der Waals surface area contributed by atoms with Crippen molar-refractivity contribution >= 4 is 5.65 Å². The summed E-state index contributed by atoms with van der Waals surface area (Å²) in [4.78, 5) is 4.21. The summed E-state index contributed by atoms with van der Waals surface area (Å²) in [6, 6.07) is 11.7. The number of methoxy groups -OCH3 is 2. The third-order valence-electron chi connectivity index (χ3n) is 2.97. The number of rotatable bonds is 3. The van der Waals surface area contributed by atoms with Gasteiger partial charge >= 0.3 is 0 Å². The molecule has 0 radical (unpaired) electrons. The van der Waals surface area contributed by atoms with Gasteiger partial charge in [0.05, 0.1) is 19.9 Å². The summed E-state index contributed by atoms with van der Waals surface area (Å²) in [5.41, 5.74) is 2.65. The molecular formula is C14H13N3O2. The van der Waals surface area contributed by atoms with Gasteiger partial charge in [-0.25, -0.2) is 9.50 Å². The molecule has 0 aliphatic rings. The van der Waals surface area contributed by atoms with Crippen LogP contribution < -0.4 is 9.47 Å². The Morgan fingerprint density at radius 1 is 1.05 bits per heavy atom. The first-order valence-electron chi connectivity index (χ1n) is 5.84. The lowest BCUT2D eigenvalue weighted by molar-refractivity contribution is 0.415. The molecule has 0 bridgehead atoms. The van der Waals surface area contributed by atoms with Gasteiger partial charge in [-0.1, -0.05) is 12.1 Å². The molecule has 0 unspecified atom stereocenters. The zero-order valence-corrected chi connectivity index (χ0v) is 10.7. The van der Waals surface area contributed by atoms with Crippen molar-refractivity contribution < 1.29 is 9.47 Å². The number of fused-ring (bicyclic) bond motifs is 1. The summed E-state index contributed by atoms with van der Waals surface area (Å²) < 4.78 is 12.3. The van der Waals surface area contributed by atoms with Crippen LogP contribution in [-0.4, -0.2) is 28.8 Å². The number of nitrogens with zero attached hydrogens (tertiary/aromatic N) is 3. The number of benzene rings is 1. The third kappa shape index (κ3) is 1.89. The number of hydrogen-bond donors (Lipinski definition) is 0. The minimum atomic E-state index is 0.697. The van der Waals surface area contributed by atoms with E-state index in [1.165, 1.54) is 6.33 Å². The SMILES string of the molecule is COc1cccc(-c2ccc(OC)c3ncnn23)c1. The van der Waals surface area contributed by atoms with Crippen LogP contribution in [0.2, 0.25) is 0 Å². The molecule has 2 heterocycles. The van der Waals surface area contributed by atoms with E-state index in [0.717, 1.165) is 17.0 Å². The second kappa shape index (κ2) is 4.61. The monoisotopic (exact) mass is 255 g/mol. The average Bonchev–Trinajstić information content (AvgIpc) is 2.95. The molecule has 0 saturated heterocycles. The van der Waals surface area contributed by atoms with Gasteiger partial charge in [0.15, 0.2) is 11.4 Å². The number of aromatic nitrogens is 3.